The smallest absolute Gasteiger partial charge is 0.319 e. The Morgan fingerprint density at radius 2 is 1.93 bits per heavy atom. The van der Waals surface area contributed by atoms with Gasteiger partial charge < -0.3 is 15.0 Å². The molecular weight excluding hydrogens is 358 g/mol. The molecule has 1 aliphatic rings. The Kier molecular flexibility index (Phi) is 5.07. The monoisotopic (exact) mass is 381 g/mol. The van der Waals surface area contributed by atoms with E-state index in [0.717, 1.165) is 43.4 Å². The quantitative estimate of drug-likeness (QED) is 0.665. The van der Waals surface area contributed by atoms with Crippen molar-refractivity contribution >= 4 is 28.9 Å². The lowest BCUT2D eigenvalue weighted by molar-refractivity contribution is -0.142. The van der Waals surface area contributed by atoms with Crippen LogP contribution in [0, 0.1) is 6.92 Å². The van der Waals surface area contributed by atoms with Crippen LogP contribution in [-0.2, 0) is 9.53 Å². The minimum atomic E-state index is -0.184. The number of aryl methyl sites for hydroxylation is 1. The maximum atomic E-state index is 11.4. The Balaban J connectivity index is 1.40. The van der Waals surface area contributed by atoms with Gasteiger partial charge in [0.15, 0.2) is 0 Å². The third kappa shape index (κ3) is 3.89. The Bertz CT molecular complexity index is 962. The summed E-state index contributed by atoms with van der Waals surface area (Å²) in [7, 11) is 1.43. The number of benzene rings is 1. The van der Waals surface area contributed by atoms with E-state index < -0.39 is 0 Å². The predicted molar refractivity (Wildman–Crippen MR) is 106 cm³/mol. The SMILES string of the molecule is COC(=O)CN1CCN(c2ccc(Nc3cc(C)nc4ncnn34)cc2)CC1. The molecule has 0 amide bonds. The van der Waals surface area contributed by atoms with Crippen molar-refractivity contribution in [3.63, 3.8) is 0 Å². The summed E-state index contributed by atoms with van der Waals surface area (Å²) >= 11 is 0. The van der Waals surface area contributed by atoms with Crippen molar-refractivity contribution in [1.29, 1.82) is 0 Å². The molecule has 1 N–H and O–H groups in total. The molecule has 0 unspecified atom stereocenters. The number of hydrogen-bond acceptors (Lipinski definition) is 8. The summed E-state index contributed by atoms with van der Waals surface area (Å²) in [5, 5.41) is 7.60. The van der Waals surface area contributed by atoms with Crippen LogP contribution in [-0.4, -0.2) is 70.3 Å². The molecule has 3 heterocycles. The summed E-state index contributed by atoms with van der Waals surface area (Å²) in [6, 6.07) is 10.2. The number of nitrogens with one attached hydrogen (secondary N) is 1. The topological polar surface area (TPSA) is 87.9 Å². The highest BCUT2D eigenvalue weighted by Gasteiger charge is 2.19. The summed E-state index contributed by atoms with van der Waals surface area (Å²) in [6.07, 6.45) is 1.50. The van der Waals surface area contributed by atoms with E-state index in [4.69, 9.17) is 4.74 Å². The number of ether oxygens (including phenoxy) is 1. The first kappa shape index (κ1) is 18.2. The van der Waals surface area contributed by atoms with Crippen molar-refractivity contribution < 1.29 is 9.53 Å². The molecule has 1 saturated heterocycles. The molecule has 4 rings (SSSR count). The van der Waals surface area contributed by atoms with Gasteiger partial charge in [0.25, 0.3) is 5.78 Å². The average molecular weight is 381 g/mol. The van der Waals surface area contributed by atoms with Gasteiger partial charge in [-0.25, -0.2) is 4.98 Å². The fourth-order valence-corrected chi connectivity index (χ4v) is 3.33. The van der Waals surface area contributed by atoms with E-state index in [1.54, 1.807) is 4.52 Å². The number of carbonyl (C=O) groups is 1. The largest absolute Gasteiger partial charge is 0.468 e. The van der Waals surface area contributed by atoms with Crippen molar-refractivity contribution in [2.75, 3.05) is 50.1 Å². The highest BCUT2D eigenvalue weighted by atomic mass is 16.5. The second-order valence-electron chi connectivity index (χ2n) is 6.77. The van der Waals surface area contributed by atoms with E-state index >= 15 is 0 Å². The lowest BCUT2D eigenvalue weighted by atomic mass is 10.2. The molecule has 9 nitrogen and oxygen atoms in total. The number of methoxy groups -OCH3 is 1. The molecule has 3 aromatic rings. The summed E-state index contributed by atoms with van der Waals surface area (Å²) in [5.41, 5.74) is 3.01. The highest BCUT2D eigenvalue weighted by Crippen LogP contribution is 2.22. The molecule has 0 atom stereocenters. The molecule has 1 aliphatic heterocycles. The van der Waals surface area contributed by atoms with Gasteiger partial charge in [0.1, 0.15) is 12.1 Å². The number of hydrogen-bond donors (Lipinski definition) is 1. The van der Waals surface area contributed by atoms with Crippen molar-refractivity contribution in [2.45, 2.75) is 6.92 Å². The van der Waals surface area contributed by atoms with Crippen LogP contribution in [0.2, 0.25) is 0 Å². The van der Waals surface area contributed by atoms with Crippen LogP contribution in [0.1, 0.15) is 5.69 Å². The molecule has 1 aromatic carbocycles. The van der Waals surface area contributed by atoms with Gasteiger partial charge in [-0.2, -0.15) is 14.6 Å². The van der Waals surface area contributed by atoms with Crippen molar-refractivity contribution in [3.05, 3.63) is 42.4 Å². The van der Waals surface area contributed by atoms with E-state index in [2.05, 4.69) is 54.4 Å². The molecule has 1 fully saturated rings. The molecule has 28 heavy (non-hydrogen) atoms. The lowest BCUT2D eigenvalue weighted by Gasteiger charge is -2.35. The van der Waals surface area contributed by atoms with Crippen LogP contribution in [0.5, 0.6) is 0 Å². The number of esters is 1. The maximum absolute atomic E-state index is 11.4. The number of carbonyl (C=O) groups excluding carboxylic acids is 1. The second kappa shape index (κ2) is 7.81. The van der Waals surface area contributed by atoms with E-state index in [-0.39, 0.29) is 5.97 Å². The molecule has 0 aliphatic carbocycles. The second-order valence-corrected chi connectivity index (χ2v) is 6.77. The first-order valence-corrected chi connectivity index (χ1v) is 9.21. The van der Waals surface area contributed by atoms with E-state index in [9.17, 15) is 4.79 Å². The molecule has 0 radical (unpaired) electrons. The number of rotatable bonds is 5. The van der Waals surface area contributed by atoms with E-state index in [1.807, 2.05) is 13.0 Å². The van der Waals surface area contributed by atoms with Gasteiger partial charge in [-0.3, -0.25) is 9.69 Å². The van der Waals surface area contributed by atoms with Crippen LogP contribution in [0.4, 0.5) is 17.2 Å². The molecule has 0 saturated carbocycles. The third-order valence-corrected chi connectivity index (χ3v) is 4.84. The Morgan fingerprint density at radius 3 is 2.64 bits per heavy atom. The number of piperazine rings is 1. The number of anilines is 3. The minimum Gasteiger partial charge on any atom is -0.468 e. The zero-order chi connectivity index (χ0) is 19.5. The summed E-state index contributed by atoms with van der Waals surface area (Å²) in [6.45, 7) is 5.74. The van der Waals surface area contributed by atoms with Crippen LogP contribution in [0.25, 0.3) is 5.78 Å². The normalized spacial score (nSPS) is 15.0. The van der Waals surface area contributed by atoms with Gasteiger partial charge >= 0.3 is 5.97 Å². The number of fused-ring (bicyclic) bond motifs is 1. The van der Waals surface area contributed by atoms with E-state index in [1.165, 1.54) is 19.1 Å². The fourth-order valence-electron chi connectivity index (χ4n) is 3.33. The molecule has 0 spiro atoms. The standard InChI is InChI=1S/C19H23N7O2/c1-14-11-17(26-19(22-14)20-13-21-26)23-15-3-5-16(6-4-15)25-9-7-24(8-10-25)12-18(27)28-2/h3-6,11,13,23H,7-10,12H2,1-2H3. The van der Waals surface area contributed by atoms with Gasteiger partial charge in [0.05, 0.1) is 13.7 Å². The van der Waals surface area contributed by atoms with Crippen LogP contribution in [0.3, 0.4) is 0 Å². The molecular formula is C19H23N7O2. The van der Waals surface area contributed by atoms with E-state index in [0.29, 0.717) is 12.3 Å². The Morgan fingerprint density at radius 1 is 1.18 bits per heavy atom. The van der Waals surface area contributed by atoms with Crippen LogP contribution < -0.4 is 10.2 Å². The fraction of sp³-hybridized carbons (Fsp3) is 0.368. The summed E-state index contributed by atoms with van der Waals surface area (Å²) in [4.78, 5) is 24.3. The number of aromatic nitrogens is 4. The zero-order valence-electron chi connectivity index (χ0n) is 16.0. The molecule has 2 aromatic heterocycles. The Hall–Kier alpha value is -3.20. The summed E-state index contributed by atoms with van der Waals surface area (Å²) < 4.78 is 6.42. The van der Waals surface area contributed by atoms with Gasteiger partial charge in [-0.15, -0.1) is 0 Å². The Labute approximate surface area is 162 Å². The zero-order valence-corrected chi connectivity index (χ0v) is 16.0. The van der Waals surface area contributed by atoms with Crippen molar-refractivity contribution in [1.82, 2.24) is 24.5 Å². The van der Waals surface area contributed by atoms with Crippen molar-refractivity contribution in [3.8, 4) is 0 Å². The van der Waals surface area contributed by atoms with Crippen LogP contribution >= 0.6 is 0 Å². The molecule has 146 valence electrons. The highest BCUT2D eigenvalue weighted by molar-refractivity contribution is 5.71. The first-order chi connectivity index (χ1) is 13.6. The minimum absolute atomic E-state index is 0.184. The average Bonchev–Trinajstić information content (AvgIpc) is 3.18. The third-order valence-electron chi connectivity index (χ3n) is 4.84. The first-order valence-electron chi connectivity index (χ1n) is 9.21. The molecule has 0 bridgehead atoms. The van der Waals surface area contributed by atoms with Crippen molar-refractivity contribution in [2.24, 2.45) is 0 Å². The lowest BCUT2D eigenvalue weighted by Crippen LogP contribution is -2.48. The summed E-state index contributed by atoms with van der Waals surface area (Å²) in [5.74, 6) is 1.21. The van der Waals surface area contributed by atoms with Gasteiger partial charge in [0, 0.05) is 49.3 Å². The predicted octanol–water partition coefficient (Wildman–Crippen LogP) is 1.47. The molecule has 9 heteroatoms. The maximum Gasteiger partial charge on any atom is 0.319 e. The van der Waals surface area contributed by atoms with Gasteiger partial charge in [0.2, 0.25) is 0 Å². The van der Waals surface area contributed by atoms with Crippen LogP contribution in [0.15, 0.2) is 36.7 Å². The number of nitrogens with zero attached hydrogens (tertiary/aromatic N) is 6. The van der Waals surface area contributed by atoms with Gasteiger partial charge in [-0.05, 0) is 31.2 Å². The van der Waals surface area contributed by atoms with Gasteiger partial charge in [-0.1, -0.05) is 0 Å².